The molecule has 3 saturated heterocycles. The summed E-state index contributed by atoms with van der Waals surface area (Å²) in [6.45, 7) is 10.5. The van der Waals surface area contributed by atoms with E-state index in [1.54, 1.807) is 11.9 Å². The molecule has 1 aromatic rings. The number of amides is 1. The first-order valence-corrected chi connectivity index (χ1v) is 13.0. The highest BCUT2D eigenvalue weighted by Crippen LogP contribution is 2.23. The minimum Gasteiger partial charge on any atom is -0.469 e. The normalized spacial score (nSPS) is 25.1. The molecule has 0 aromatic heterocycles. The molecule has 0 radical (unpaired) electrons. The van der Waals surface area contributed by atoms with E-state index in [1.165, 1.54) is 12.7 Å². The zero-order chi connectivity index (χ0) is 24.6. The second-order valence-electron chi connectivity index (χ2n) is 9.98. The van der Waals surface area contributed by atoms with Gasteiger partial charge in [-0.1, -0.05) is 30.3 Å². The number of nitrogens with zero attached hydrogens (tertiary/aromatic N) is 5. The Kier molecular flexibility index (Phi) is 9.37. The number of likely N-dealkylation sites (N-methyl/N-ethyl adjacent to an activating group) is 1. The third-order valence-electron chi connectivity index (χ3n) is 7.55. The number of carbonyl (C=O) groups is 2. The zero-order valence-electron chi connectivity index (χ0n) is 21.3. The van der Waals surface area contributed by atoms with Gasteiger partial charge in [-0.05, 0) is 24.9 Å². The minimum absolute atomic E-state index is 0.165. The SMILES string of the molecule is COC(=O)CCN1CCN(C2CN(C)C(=O)O2)C(CCCN2CCN(Cc3ccccc3)CC2)C1. The van der Waals surface area contributed by atoms with Gasteiger partial charge in [-0.3, -0.25) is 19.5 Å². The molecule has 3 heterocycles. The van der Waals surface area contributed by atoms with Crippen molar-refractivity contribution in [2.45, 2.75) is 38.1 Å². The van der Waals surface area contributed by atoms with E-state index in [9.17, 15) is 9.59 Å². The zero-order valence-corrected chi connectivity index (χ0v) is 21.3. The highest BCUT2D eigenvalue weighted by atomic mass is 16.6. The van der Waals surface area contributed by atoms with Gasteiger partial charge in [0.2, 0.25) is 0 Å². The van der Waals surface area contributed by atoms with E-state index in [-0.39, 0.29) is 18.3 Å². The molecule has 0 bridgehead atoms. The summed E-state index contributed by atoms with van der Waals surface area (Å²) in [5.74, 6) is -0.165. The van der Waals surface area contributed by atoms with Crippen LogP contribution < -0.4 is 0 Å². The summed E-state index contributed by atoms with van der Waals surface area (Å²) >= 11 is 0. The molecule has 3 aliphatic rings. The highest BCUT2D eigenvalue weighted by molar-refractivity contribution is 5.69. The lowest BCUT2D eigenvalue weighted by Crippen LogP contribution is -2.57. The molecule has 35 heavy (non-hydrogen) atoms. The molecule has 1 aromatic carbocycles. The van der Waals surface area contributed by atoms with Gasteiger partial charge in [-0.25, -0.2) is 4.79 Å². The fraction of sp³-hybridized carbons (Fsp3) is 0.692. The Bertz CT molecular complexity index is 817. The van der Waals surface area contributed by atoms with Gasteiger partial charge in [0.05, 0.1) is 20.1 Å². The first-order valence-electron chi connectivity index (χ1n) is 13.0. The summed E-state index contributed by atoms with van der Waals surface area (Å²) in [6.07, 6.45) is 2.16. The van der Waals surface area contributed by atoms with Gasteiger partial charge >= 0.3 is 12.1 Å². The molecule has 2 atom stereocenters. The van der Waals surface area contributed by atoms with Crippen LogP contribution in [0, 0.1) is 0 Å². The predicted molar refractivity (Wildman–Crippen MR) is 134 cm³/mol. The van der Waals surface area contributed by atoms with Gasteiger partial charge in [0.25, 0.3) is 0 Å². The van der Waals surface area contributed by atoms with Gasteiger partial charge in [0.15, 0.2) is 6.23 Å². The molecule has 2 unspecified atom stereocenters. The van der Waals surface area contributed by atoms with Crippen molar-refractivity contribution in [1.29, 1.82) is 0 Å². The Morgan fingerprint density at radius 1 is 0.971 bits per heavy atom. The van der Waals surface area contributed by atoms with Crippen molar-refractivity contribution in [1.82, 2.24) is 24.5 Å². The number of esters is 1. The van der Waals surface area contributed by atoms with Gasteiger partial charge in [-0.2, -0.15) is 0 Å². The number of ether oxygens (including phenoxy) is 2. The number of hydrogen-bond donors (Lipinski definition) is 0. The lowest BCUT2D eigenvalue weighted by molar-refractivity contribution is -0.141. The van der Waals surface area contributed by atoms with Crippen LogP contribution in [0.5, 0.6) is 0 Å². The van der Waals surface area contributed by atoms with Crippen molar-refractivity contribution < 1.29 is 19.1 Å². The number of benzene rings is 1. The Hall–Kier alpha value is -2.20. The first kappa shape index (κ1) is 25.9. The molecule has 1 amide bonds. The number of methoxy groups -OCH3 is 1. The van der Waals surface area contributed by atoms with Crippen molar-refractivity contribution in [2.24, 2.45) is 0 Å². The molecule has 9 heteroatoms. The van der Waals surface area contributed by atoms with Crippen LogP contribution >= 0.6 is 0 Å². The third-order valence-corrected chi connectivity index (χ3v) is 7.55. The molecule has 194 valence electrons. The smallest absolute Gasteiger partial charge is 0.411 e. The van der Waals surface area contributed by atoms with Crippen LogP contribution in [0.2, 0.25) is 0 Å². The summed E-state index contributed by atoms with van der Waals surface area (Å²) in [7, 11) is 3.23. The summed E-state index contributed by atoms with van der Waals surface area (Å²) < 4.78 is 10.5. The van der Waals surface area contributed by atoms with Crippen LogP contribution in [-0.2, 0) is 20.8 Å². The van der Waals surface area contributed by atoms with Gasteiger partial charge in [-0.15, -0.1) is 0 Å². The number of carbonyl (C=O) groups excluding carboxylic acids is 2. The lowest BCUT2D eigenvalue weighted by atomic mass is 10.0. The summed E-state index contributed by atoms with van der Waals surface area (Å²) in [4.78, 5) is 35.1. The van der Waals surface area contributed by atoms with Crippen LogP contribution in [-0.4, -0.2) is 128 Å². The van der Waals surface area contributed by atoms with E-state index < -0.39 is 0 Å². The molecule has 4 rings (SSSR count). The molecule has 0 spiro atoms. The standard InChI is InChI=1S/C26H41N5O4/c1-27-21-24(35-26(27)33)31-18-17-29(12-10-25(32)34-2)20-23(31)9-6-11-28-13-15-30(16-14-28)19-22-7-4-3-5-8-22/h3-5,7-8,23-24H,6,9-21H2,1-2H3. The first-order chi connectivity index (χ1) is 17.0. The molecular formula is C26H41N5O4. The molecule has 0 N–H and O–H groups in total. The van der Waals surface area contributed by atoms with Crippen LogP contribution in [0.25, 0.3) is 0 Å². The van der Waals surface area contributed by atoms with Crippen LogP contribution in [0.1, 0.15) is 24.8 Å². The van der Waals surface area contributed by atoms with E-state index in [0.717, 1.165) is 71.7 Å². The lowest BCUT2D eigenvalue weighted by Gasteiger charge is -2.43. The van der Waals surface area contributed by atoms with E-state index in [4.69, 9.17) is 9.47 Å². The Balaban J connectivity index is 1.24. The largest absolute Gasteiger partial charge is 0.469 e. The maximum Gasteiger partial charge on any atom is 0.411 e. The monoisotopic (exact) mass is 487 g/mol. The highest BCUT2D eigenvalue weighted by Gasteiger charge is 2.39. The minimum atomic E-state index is -0.241. The number of piperazine rings is 2. The van der Waals surface area contributed by atoms with Gasteiger partial charge in [0.1, 0.15) is 0 Å². The maximum absolute atomic E-state index is 12.0. The maximum atomic E-state index is 12.0. The predicted octanol–water partition coefficient (Wildman–Crippen LogP) is 1.54. The average molecular weight is 488 g/mol. The molecule has 0 saturated carbocycles. The number of hydrogen-bond acceptors (Lipinski definition) is 8. The van der Waals surface area contributed by atoms with Crippen LogP contribution in [0.3, 0.4) is 0 Å². The summed E-state index contributed by atoms with van der Waals surface area (Å²) in [6, 6.07) is 11.0. The Morgan fingerprint density at radius 2 is 1.69 bits per heavy atom. The quantitative estimate of drug-likeness (QED) is 0.461. The van der Waals surface area contributed by atoms with Crippen molar-refractivity contribution in [3.63, 3.8) is 0 Å². The molecule has 0 aliphatic carbocycles. The summed E-state index contributed by atoms with van der Waals surface area (Å²) in [5, 5.41) is 0. The Labute approximate surface area is 209 Å². The van der Waals surface area contributed by atoms with E-state index in [2.05, 4.69) is 49.9 Å². The van der Waals surface area contributed by atoms with Crippen molar-refractivity contribution >= 4 is 12.1 Å². The summed E-state index contributed by atoms with van der Waals surface area (Å²) in [5.41, 5.74) is 1.38. The van der Waals surface area contributed by atoms with Crippen LogP contribution in [0.4, 0.5) is 4.79 Å². The average Bonchev–Trinajstić information content (AvgIpc) is 3.22. The van der Waals surface area contributed by atoms with Crippen molar-refractivity contribution in [3.05, 3.63) is 35.9 Å². The van der Waals surface area contributed by atoms with E-state index in [1.807, 2.05) is 0 Å². The third kappa shape index (κ3) is 7.39. The number of rotatable bonds is 10. The topological polar surface area (TPSA) is 68.8 Å². The number of cyclic esters (lactones) is 1. The van der Waals surface area contributed by atoms with Gasteiger partial charge in [0, 0.05) is 72.0 Å². The molecular weight excluding hydrogens is 446 g/mol. The molecule has 3 aliphatic heterocycles. The molecule has 3 fully saturated rings. The van der Waals surface area contributed by atoms with Crippen molar-refractivity contribution in [2.75, 3.05) is 79.6 Å². The second-order valence-corrected chi connectivity index (χ2v) is 9.98. The fourth-order valence-electron chi connectivity index (χ4n) is 5.41. The van der Waals surface area contributed by atoms with E-state index in [0.29, 0.717) is 25.6 Å². The van der Waals surface area contributed by atoms with Gasteiger partial charge < -0.3 is 19.3 Å². The molecule has 9 nitrogen and oxygen atoms in total. The second kappa shape index (κ2) is 12.7. The van der Waals surface area contributed by atoms with Crippen LogP contribution in [0.15, 0.2) is 30.3 Å². The fourth-order valence-corrected chi connectivity index (χ4v) is 5.41. The van der Waals surface area contributed by atoms with E-state index >= 15 is 0 Å². The Morgan fingerprint density at radius 3 is 2.37 bits per heavy atom. The van der Waals surface area contributed by atoms with Crippen molar-refractivity contribution in [3.8, 4) is 0 Å².